The van der Waals surface area contributed by atoms with Crippen molar-refractivity contribution in [2.75, 3.05) is 13.2 Å². The van der Waals surface area contributed by atoms with E-state index >= 15 is 0 Å². The minimum absolute atomic E-state index is 0.0359. The van der Waals surface area contributed by atoms with Crippen LogP contribution in [0.3, 0.4) is 0 Å². The third-order valence-electron chi connectivity index (χ3n) is 2.81. The predicted molar refractivity (Wildman–Crippen MR) is 65.3 cm³/mol. The molecular formula is C13H22O4. The van der Waals surface area contributed by atoms with Crippen LogP contribution in [-0.2, 0) is 19.1 Å². The van der Waals surface area contributed by atoms with Gasteiger partial charge in [0.25, 0.3) is 0 Å². The highest BCUT2D eigenvalue weighted by Gasteiger charge is 2.36. The van der Waals surface area contributed by atoms with Crippen molar-refractivity contribution in [3.8, 4) is 0 Å². The van der Waals surface area contributed by atoms with Crippen molar-refractivity contribution < 1.29 is 19.1 Å². The number of carbonyl (C=O) groups excluding carboxylic acids is 2. The first kappa shape index (κ1) is 15.7. The lowest BCUT2D eigenvalue weighted by molar-refractivity contribution is -0.164. The summed E-state index contributed by atoms with van der Waals surface area (Å²) in [5.41, 5.74) is 0. The molecule has 0 spiro atoms. The molecule has 0 bridgehead atoms. The van der Waals surface area contributed by atoms with E-state index in [1.54, 1.807) is 19.9 Å². The Kier molecular flexibility index (Phi) is 7.26. The van der Waals surface area contributed by atoms with Gasteiger partial charge in [-0.3, -0.25) is 9.59 Å². The molecule has 0 aliphatic heterocycles. The van der Waals surface area contributed by atoms with E-state index in [1.807, 2.05) is 13.8 Å². The number of allylic oxidation sites excluding steroid dienone is 1. The van der Waals surface area contributed by atoms with E-state index in [9.17, 15) is 9.59 Å². The molecule has 0 radical (unpaired) electrons. The van der Waals surface area contributed by atoms with Gasteiger partial charge in [-0.25, -0.2) is 0 Å². The third-order valence-corrected chi connectivity index (χ3v) is 2.81. The molecule has 0 amide bonds. The first-order valence-electron chi connectivity index (χ1n) is 5.95. The normalized spacial score (nSPS) is 13.9. The molecule has 2 atom stereocenters. The van der Waals surface area contributed by atoms with Crippen LogP contribution in [0, 0.1) is 17.8 Å². The Hall–Kier alpha value is -1.32. The van der Waals surface area contributed by atoms with Crippen LogP contribution in [-0.4, -0.2) is 25.2 Å². The molecule has 4 heteroatoms. The van der Waals surface area contributed by atoms with Crippen LogP contribution in [0.1, 0.15) is 27.7 Å². The van der Waals surface area contributed by atoms with E-state index in [1.165, 1.54) is 0 Å². The van der Waals surface area contributed by atoms with Gasteiger partial charge in [0.05, 0.1) is 13.2 Å². The summed E-state index contributed by atoms with van der Waals surface area (Å²) in [6.45, 7) is 11.3. The van der Waals surface area contributed by atoms with Crippen molar-refractivity contribution in [1.29, 1.82) is 0 Å². The Bertz CT molecular complexity index is 255. The van der Waals surface area contributed by atoms with Gasteiger partial charge < -0.3 is 9.47 Å². The minimum atomic E-state index is -0.872. The van der Waals surface area contributed by atoms with Gasteiger partial charge in [0.1, 0.15) is 0 Å². The summed E-state index contributed by atoms with van der Waals surface area (Å²) >= 11 is 0. The number of rotatable bonds is 7. The molecule has 2 unspecified atom stereocenters. The average Bonchev–Trinajstić information content (AvgIpc) is 2.28. The standard InChI is InChI=1S/C13H22O4/c1-6-9(4)10(5)11(12(14)16-7-2)13(15)17-8-3/h6,9-11H,1,7-8H2,2-5H3. The van der Waals surface area contributed by atoms with Crippen molar-refractivity contribution in [1.82, 2.24) is 0 Å². The minimum Gasteiger partial charge on any atom is -0.465 e. The highest BCUT2D eigenvalue weighted by atomic mass is 16.6. The topological polar surface area (TPSA) is 52.6 Å². The fraction of sp³-hybridized carbons (Fsp3) is 0.692. The number of hydrogen-bond donors (Lipinski definition) is 0. The molecule has 17 heavy (non-hydrogen) atoms. The maximum absolute atomic E-state index is 11.8. The van der Waals surface area contributed by atoms with Crippen LogP contribution >= 0.6 is 0 Å². The Balaban J connectivity index is 4.89. The number of carbonyl (C=O) groups is 2. The maximum Gasteiger partial charge on any atom is 0.320 e. The van der Waals surface area contributed by atoms with Crippen molar-refractivity contribution in [3.05, 3.63) is 12.7 Å². The van der Waals surface area contributed by atoms with Gasteiger partial charge in [0, 0.05) is 0 Å². The van der Waals surface area contributed by atoms with Crippen LogP contribution in [0.2, 0.25) is 0 Å². The first-order chi connectivity index (χ1) is 7.99. The van der Waals surface area contributed by atoms with Crippen LogP contribution < -0.4 is 0 Å². The van der Waals surface area contributed by atoms with Gasteiger partial charge in [-0.05, 0) is 25.7 Å². The van der Waals surface area contributed by atoms with E-state index in [-0.39, 0.29) is 25.0 Å². The number of ether oxygens (including phenoxy) is 2. The SMILES string of the molecule is C=CC(C)C(C)C(C(=O)OCC)C(=O)OCC. The van der Waals surface area contributed by atoms with E-state index < -0.39 is 17.9 Å². The van der Waals surface area contributed by atoms with E-state index in [0.717, 1.165) is 0 Å². The highest BCUT2D eigenvalue weighted by molar-refractivity contribution is 5.95. The van der Waals surface area contributed by atoms with Crippen molar-refractivity contribution in [3.63, 3.8) is 0 Å². The smallest absolute Gasteiger partial charge is 0.320 e. The van der Waals surface area contributed by atoms with Crippen LogP contribution in [0.25, 0.3) is 0 Å². The molecule has 0 heterocycles. The molecule has 0 aromatic carbocycles. The summed E-state index contributed by atoms with van der Waals surface area (Å²) in [5, 5.41) is 0. The second-order valence-corrected chi connectivity index (χ2v) is 3.94. The molecule has 0 fully saturated rings. The zero-order chi connectivity index (χ0) is 13.4. The molecule has 0 aliphatic carbocycles. The quantitative estimate of drug-likeness (QED) is 0.390. The summed E-state index contributed by atoms with van der Waals surface area (Å²) < 4.78 is 9.83. The summed E-state index contributed by atoms with van der Waals surface area (Å²) in [4.78, 5) is 23.5. The fourth-order valence-corrected chi connectivity index (χ4v) is 1.51. The molecule has 0 aliphatic rings. The lowest BCUT2D eigenvalue weighted by atomic mass is 9.84. The molecule has 0 N–H and O–H groups in total. The number of esters is 2. The Morgan fingerprint density at radius 3 is 1.82 bits per heavy atom. The van der Waals surface area contributed by atoms with E-state index in [0.29, 0.717) is 0 Å². The zero-order valence-corrected chi connectivity index (χ0v) is 11.1. The summed E-state index contributed by atoms with van der Waals surface area (Å²) in [6, 6.07) is 0. The maximum atomic E-state index is 11.8. The van der Waals surface area contributed by atoms with E-state index in [2.05, 4.69) is 6.58 Å². The summed E-state index contributed by atoms with van der Waals surface area (Å²) in [6.07, 6.45) is 1.72. The van der Waals surface area contributed by atoms with Gasteiger partial charge in [-0.15, -0.1) is 6.58 Å². The third kappa shape index (κ3) is 4.59. The molecular weight excluding hydrogens is 220 g/mol. The van der Waals surface area contributed by atoms with Gasteiger partial charge in [0.15, 0.2) is 5.92 Å². The number of hydrogen-bond acceptors (Lipinski definition) is 4. The van der Waals surface area contributed by atoms with E-state index in [4.69, 9.17) is 9.47 Å². The monoisotopic (exact) mass is 242 g/mol. The molecule has 98 valence electrons. The zero-order valence-electron chi connectivity index (χ0n) is 11.1. The van der Waals surface area contributed by atoms with Crippen LogP contribution in [0.4, 0.5) is 0 Å². The second-order valence-electron chi connectivity index (χ2n) is 3.94. The first-order valence-corrected chi connectivity index (χ1v) is 5.95. The molecule has 4 nitrogen and oxygen atoms in total. The lowest BCUT2D eigenvalue weighted by Gasteiger charge is -2.23. The average molecular weight is 242 g/mol. The van der Waals surface area contributed by atoms with Gasteiger partial charge in [-0.2, -0.15) is 0 Å². The van der Waals surface area contributed by atoms with Crippen molar-refractivity contribution in [2.45, 2.75) is 27.7 Å². The summed E-state index contributed by atoms with van der Waals surface area (Å²) in [5.74, 6) is -2.07. The van der Waals surface area contributed by atoms with Crippen molar-refractivity contribution >= 4 is 11.9 Å². The van der Waals surface area contributed by atoms with Gasteiger partial charge >= 0.3 is 11.9 Å². The molecule has 0 saturated heterocycles. The second kappa shape index (κ2) is 7.87. The van der Waals surface area contributed by atoms with Crippen molar-refractivity contribution in [2.24, 2.45) is 17.8 Å². The largest absolute Gasteiger partial charge is 0.465 e. The molecule has 0 aromatic heterocycles. The van der Waals surface area contributed by atoms with Gasteiger partial charge in [0.2, 0.25) is 0 Å². The van der Waals surface area contributed by atoms with Crippen LogP contribution in [0.15, 0.2) is 12.7 Å². The Labute approximate surface area is 103 Å². The van der Waals surface area contributed by atoms with Gasteiger partial charge in [-0.1, -0.05) is 19.9 Å². The molecule has 0 aromatic rings. The predicted octanol–water partition coefficient (Wildman–Crippen LogP) is 2.19. The highest BCUT2D eigenvalue weighted by Crippen LogP contribution is 2.24. The molecule has 0 rings (SSSR count). The fourth-order valence-electron chi connectivity index (χ4n) is 1.51. The lowest BCUT2D eigenvalue weighted by Crippen LogP contribution is -2.35. The van der Waals surface area contributed by atoms with Crippen LogP contribution in [0.5, 0.6) is 0 Å². The molecule has 0 saturated carbocycles. The summed E-state index contributed by atoms with van der Waals surface area (Å²) in [7, 11) is 0. The Morgan fingerprint density at radius 2 is 1.53 bits per heavy atom. The Morgan fingerprint density at radius 1 is 1.12 bits per heavy atom.